The Labute approximate surface area is 152 Å². The number of carbonyl (C=O) groups is 1. The van der Waals surface area contributed by atoms with Gasteiger partial charge in [0.2, 0.25) is 0 Å². The van der Waals surface area contributed by atoms with Gasteiger partial charge in [0, 0.05) is 17.4 Å². The van der Waals surface area contributed by atoms with Gasteiger partial charge in [0.1, 0.15) is 11.3 Å². The van der Waals surface area contributed by atoms with Crippen LogP contribution in [0.15, 0.2) is 52.9 Å². The average Bonchev–Trinajstić information content (AvgIpc) is 3.13. The van der Waals surface area contributed by atoms with E-state index in [4.69, 9.17) is 4.42 Å². The Balaban J connectivity index is 1.49. The number of amides is 2. The van der Waals surface area contributed by atoms with Crippen molar-refractivity contribution in [1.29, 1.82) is 0 Å². The number of aliphatic hydroxyl groups is 1. The Hall–Kier alpha value is -2.79. The van der Waals surface area contributed by atoms with Crippen LogP contribution in [0.4, 0.5) is 4.79 Å². The SMILES string of the molecule is Cc1c(C(C)NC(=O)NC2c3ccccc3CC2O)oc2ccccc12. The lowest BCUT2D eigenvalue weighted by atomic mass is 10.1. The van der Waals surface area contributed by atoms with Crippen LogP contribution in [0.25, 0.3) is 11.0 Å². The molecule has 134 valence electrons. The number of nitrogens with one attached hydrogen (secondary N) is 2. The summed E-state index contributed by atoms with van der Waals surface area (Å²) in [5, 5.41) is 17.2. The summed E-state index contributed by atoms with van der Waals surface area (Å²) < 4.78 is 5.92. The van der Waals surface area contributed by atoms with Crippen molar-refractivity contribution in [1.82, 2.24) is 10.6 Å². The van der Waals surface area contributed by atoms with Gasteiger partial charge in [-0.05, 0) is 31.0 Å². The lowest BCUT2D eigenvalue weighted by Gasteiger charge is -2.20. The second-order valence-corrected chi connectivity index (χ2v) is 6.87. The molecular formula is C21H22N2O3. The molecular weight excluding hydrogens is 328 g/mol. The Morgan fingerprint density at radius 3 is 2.73 bits per heavy atom. The van der Waals surface area contributed by atoms with Crippen LogP contribution in [0.3, 0.4) is 0 Å². The number of hydrogen-bond donors (Lipinski definition) is 3. The predicted octanol–water partition coefficient (Wildman–Crippen LogP) is 3.76. The van der Waals surface area contributed by atoms with E-state index in [1.165, 1.54) is 0 Å². The molecule has 1 aromatic heterocycles. The fourth-order valence-electron chi connectivity index (χ4n) is 3.80. The molecule has 2 aromatic carbocycles. The van der Waals surface area contributed by atoms with Gasteiger partial charge >= 0.3 is 6.03 Å². The van der Waals surface area contributed by atoms with Crippen LogP contribution in [-0.2, 0) is 6.42 Å². The first kappa shape index (κ1) is 16.7. The van der Waals surface area contributed by atoms with E-state index in [1.807, 2.05) is 62.4 Å². The fourth-order valence-corrected chi connectivity index (χ4v) is 3.80. The summed E-state index contributed by atoms with van der Waals surface area (Å²) in [6, 6.07) is 14.6. The highest BCUT2D eigenvalue weighted by Gasteiger charge is 2.32. The maximum Gasteiger partial charge on any atom is 0.315 e. The van der Waals surface area contributed by atoms with Gasteiger partial charge in [0.05, 0.1) is 18.2 Å². The zero-order chi connectivity index (χ0) is 18.3. The topological polar surface area (TPSA) is 74.5 Å². The van der Waals surface area contributed by atoms with Crippen molar-refractivity contribution < 1.29 is 14.3 Å². The molecule has 0 spiro atoms. The third kappa shape index (κ3) is 2.84. The Morgan fingerprint density at radius 2 is 1.92 bits per heavy atom. The van der Waals surface area contributed by atoms with Crippen molar-refractivity contribution in [2.24, 2.45) is 0 Å². The largest absolute Gasteiger partial charge is 0.459 e. The van der Waals surface area contributed by atoms with Gasteiger partial charge in [-0.2, -0.15) is 0 Å². The van der Waals surface area contributed by atoms with E-state index in [1.54, 1.807) is 0 Å². The normalized spacial score (nSPS) is 20.0. The van der Waals surface area contributed by atoms with E-state index in [0.29, 0.717) is 6.42 Å². The number of para-hydroxylation sites is 1. The summed E-state index contributed by atoms with van der Waals surface area (Å²) in [4.78, 5) is 12.5. The standard InChI is InChI=1S/C21H22N2O3/c1-12-15-8-5-6-10-18(15)26-20(12)13(2)22-21(25)23-19-16-9-4-3-7-14(16)11-17(19)24/h3-10,13,17,19,24H,11H2,1-2H3,(H2,22,23,25). The highest BCUT2D eigenvalue weighted by Crippen LogP contribution is 2.32. The first-order valence-electron chi connectivity index (χ1n) is 8.85. The van der Waals surface area contributed by atoms with Crippen molar-refractivity contribution in [2.45, 2.75) is 38.5 Å². The van der Waals surface area contributed by atoms with E-state index in [2.05, 4.69) is 10.6 Å². The van der Waals surface area contributed by atoms with Crippen LogP contribution in [0.1, 0.15) is 41.5 Å². The van der Waals surface area contributed by atoms with Crippen LogP contribution in [0.5, 0.6) is 0 Å². The maximum atomic E-state index is 12.5. The van der Waals surface area contributed by atoms with Gasteiger partial charge in [-0.3, -0.25) is 0 Å². The van der Waals surface area contributed by atoms with Crippen molar-refractivity contribution >= 4 is 17.0 Å². The van der Waals surface area contributed by atoms with E-state index in [0.717, 1.165) is 33.4 Å². The summed E-state index contributed by atoms with van der Waals surface area (Å²) in [6.07, 6.45) is -0.0549. The zero-order valence-corrected chi connectivity index (χ0v) is 14.8. The van der Waals surface area contributed by atoms with Crippen LogP contribution in [-0.4, -0.2) is 17.2 Å². The van der Waals surface area contributed by atoms with E-state index >= 15 is 0 Å². The third-order valence-electron chi connectivity index (χ3n) is 5.11. The number of furan rings is 1. The van der Waals surface area contributed by atoms with Crippen molar-refractivity contribution in [2.75, 3.05) is 0 Å². The molecule has 0 saturated heterocycles. The minimum atomic E-state index is -0.610. The molecule has 3 atom stereocenters. The highest BCUT2D eigenvalue weighted by molar-refractivity contribution is 5.82. The van der Waals surface area contributed by atoms with Crippen LogP contribution in [0, 0.1) is 6.92 Å². The smallest absolute Gasteiger partial charge is 0.315 e. The van der Waals surface area contributed by atoms with Gasteiger partial charge < -0.3 is 20.2 Å². The lowest BCUT2D eigenvalue weighted by Crippen LogP contribution is -2.41. The van der Waals surface area contributed by atoms with Crippen molar-refractivity contribution in [3.63, 3.8) is 0 Å². The van der Waals surface area contributed by atoms with Crippen LogP contribution in [0.2, 0.25) is 0 Å². The van der Waals surface area contributed by atoms with Crippen LogP contribution < -0.4 is 10.6 Å². The lowest BCUT2D eigenvalue weighted by molar-refractivity contribution is 0.141. The molecule has 5 heteroatoms. The van der Waals surface area contributed by atoms with Gasteiger partial charge in [-0.15, -0.1) is 0 Å². The highest BCUT2D eigenvalue weighted by atomic mass is 16.3. The molecule has 26 heavy (non-hydrogen) atoms. The predicted molar refractivity (Wildman–Crippen MR) is 99.9 cm³/mol. The summed E-state index contributed by atoms with van der Waals surface area (Å²) >= 11 is 0. The summed E-state index contributed by atoms with van der Waals surface area (Å²) in [5.74, 6) is 0.744. The van der Waals surface area contributed by atoms with Gasteiger partial charge in [0.25, 0.3) is 0 Å². The second-order valence-electron chi connectivity index (χ2n) is 6.87. The Kier molecular flexibility index (Phi) is 4.17. The number of hydrogen-bond acceptors (Lipinski definition) is 3. The average molecular weight is 350 g/mol. The molecule has 0 fully saturated rings. The molecule has 3 unspecified atom stereocenters. The number of benzene rings is 2. The molecule has 1 aliphatic carbocycles. The minimum absolute atomic E-state index is 0.281. The first-order valence-corrected chi connectivity index (χ1v) is 8.85. The van der Waals surface area contributed by atoms with Gasteiger partial charge in [0.15, 0.2) is 0 Å². The molecule has 1 aliphatic rings. The van der Waals surface area contributed by atoms with Gasteiger partial charge in [-0.1, -0.05) is 42.5 Å². The first-order chi connectivity index (χ1) is 12.5. The van der Waals surface area contributed by atoms with Crippen LogP contribution >= 0.6 is 0 Å². The third-order valence-corrected chi connectivity index (χ3v) is 5.11. The molecule has 1 heterocycles. The fraction of sp³-hybridized carbons (Fsp3) is 0.286. The van der Waals surface area contributed by atoms with E-state index in [-0.39, 0.29) is 12.1 Å². The Morgan fingerprint density at radius 1 is 1.19 bits per heavy atom. The molecule has 4 rings (SSSR count). The second kappa shape index (κ2) is 6.50. The minimum Gasteiger partial charge on any atom is -0.459 e. The monoisotopic (exact) mass is 350 g/mol. The molecule has 3 aromatic rings. The Bertz CT molecular complexity index is 963. The molecule has 5 nitrogen and oxygen atoms in total. The number of aliphatic hydroxyl groups excluding tert-OH is 1. The zero-order valence-electron chi connectivity index (χ0n) is 14.8. The molecule has 2 amide bonds. The number of aryl methyl sites for hydroxylation is 1. The van der Waals surface area contributed by atoms with E-state index in [9.17, 15) is 9.90 Å². The number of urea groups is 1. The number of fused-ring (bicyclic) bond motifs is 2. The summed E-state index contributed by atoms with van der Waals surface area (Å²) in [7, 11) is 0. The number of rotatable bonds is 3. The van der Waals surface area contributed by atoms with Crippen molar-refractivity contribution in [3.8, 4) is 0 Å². The van der Waals surface area contributed by atoms with Gasteiger partial charge in [-0.25, -0.2) is 4.79 Å². The summed E-state index contributed by atoms with van der Waals surface area (Å²) in [5.41, 5.74) is 3.89. The molecule has 0 bridgehead atoms. The van der Waals surface area contributed by atoms with E-state index < -0.39 is 12.1 Å². The number of carbonyl (C=O) groups excluding carboxylic acids is 1. The summed E-state index contributed by atoms with van der Waals surface area (Å²) in [6.45, 7) is 3.89. The molecule has 0 saturated carbocycles. The van der Waals surface area contributed by atoms with Crippen molar-refractivity contribution in [3.05, 3.63) is 71.0 Å². The molecule has 3 N–H and O–H groups in total. The molecule has 0 radical (unpaired) electrons. The maximum absolute atomic E-state index is 12.5. The molecule has 0 aliphatic heterocycles. The quantitative estimate of drug-likeness (QED) is 0.673.